The van der Waals surface area contributed by atoms with Crippen LogP contribution in [0.2, 0.25) is 0 Å². The van der Waals surface area contributed by atoms with Crippen LogP contribution in [-0.4, -0.2) is 20.7 Å². The lowest BCUT2D eigenvalue weighted by molar-refractivity contribution is 0.178. The van der Waals surface area contributed by atoms with E-state index in [9.17, 15) is 4.57 Å². The molecule has 62 valence electrons. The average molecular weight is 209 g/mol. The largest absolute Gasteiger partial charge is 0.471 e. The van der Waals surface area contributed by atoms with Gasteiger partial charge in [0.25, 0.3) is 0 Å². The van der Waals surface area contributed by atoms with Crippen molar-refractivity contribution < 1.29 is 18.9 Å². The van der Waals surface area contributed by atoms with E-state index in [1.807, 2.05) is 0 Å². The van der Waals surface area contributed by atoms with Gasteiger partial charge in [0.15, 0.2) is 5.56 Å². The molecule has 0 aliphatic heterocycles. The highest BCUT2D eigenvalue weighted by molar-refractivity contribution is 7.46. The van der Waals surface area contributed by atoms with Gasteiger partial charge in [-0.1, -0.05) is 11.6 Å². The number of hydrogen-bond acceptors (Lipinski definition) is 2. The maximum atomic E-state index is 10.1. The van der Waals surface area contributed by atoms with Crippen molar-refractivity contribution in [2.75, 3.05) is 0 Å². The molecule has 0 aromatic carbocycles. The number of alkyl halides is 2. The maximum Gasteiger partial charge on any atom is 0.471 e. The Morgan fingerprint density at radius 2 is 1.90 bits per heavy atom. The molecule has 0 spiro atoms. The molecule has 0 radical (unpaired) electrons. The van der Waals surface area contributed by atoms with Gasteiger partial charge in [-0.2, -0.15) is 0 Å². The van der Waals surface area contributed by atoms with E-state index in [2.05, 4.69) is 4.52 Å². The molecular weight excluding hydrogens is 202 g/mol. The Labute approximate surface area is 68.3 Å². The first-order valence-corrected chi connectivity index (χ1v) is 4.75. The number of phosphoric acid groups is 1. The van der Waals surface area contributed by atoms with Crippen molar-refractivity contribution in [3.8, 4) is 0 Å². The number of hydrogen-bond donors (Lipinski definition) is 2. The summed E-state index contributed by atoms with van der Waals surface area (Å²) in [4.78, 5) is 16.4. The summed E-state index contributed by atoms with van der Waals surface area (Å²) in [5.74, 6) is 0. The van der Waals surface area contributed by atoms with Crippen LogP contribution in [0.15, 0.2) is 0 Å². The van der Waals surface area contributed by atoms with E-state index in [0.29, 0.717) is 0 Å². The van der Waals surface area contributed by atoms with Gasteiger partial charge >= 0.3 is 7.82 Å². The van der Waals surface area contributed by atoms with Crippen molar-refractivity contribution in [3.63, 3.8) is 0 Å². The molecule has 0 aromatic rings. The molecule has 0 aliphatic rings. The molecule has 0 rings (SSSR count). The molecular formula is C3H7Cl2O4P. The summed E-state index contributed by atoms with van der Waals surface area (Å²) in [6, 6.07) is 0. The third kappa shape index (κ3) is 5.47. The second-order valence-electron chi connectivity index (χ2n) is 1.62. The van der Waals surface area contributed by atoms with Crippen LogP contribution in [0.1, 0.15) is 6.92 Å². The summed E-state index contributed by atoms with van der Waals surface area (Å²) in [5, 5.41) is -0.644. The first-order chi connectivity index (χ1) is 4.33. The first kappa shape index (κ1) is 10.7. The summed E-state index contributed by atoms with van der Waals surface area (Å²) in [6.07, 6.45) is 0. The monoisotopic (exact) mass is 208 g/mol. The van der Waals surface area contributed by atoms with Crippen LogP contribution in [0.25, 0.3) is 0 Å². The van der Waals surface area contributed by atoms with E-state index in [-0.39, 0.29) is 0 Å². The molecule has 0 fully saturated rings. The second kappa shape index (κ2) is 3.90. The van der Waals surface area contributed by atoms with E-state index >= 15 is 0 Å². The van der Waals surface area contributed by atoms with Gasteiger partial charge in [-0.15, -0.1) is 11.6 Å². The Hall–Kier alpha value is 0.690. The quantitative estimate of drug-likeness (QED) is 0.542. The van der Waals surface area contributed by atoms with Crippen molar-refractivity contribution in [2.45, 2.75) is 17.9 Å². The Balaban J connectivity index is 3.80. The van der Waals surface area contributed by atoms with Crippen LogP contribution in [0.4, 0.5) is 0 Å². The molecule has 10 heavy (non-hydrogen) atoms. The third-order valence-corrected chi connectivity index (χ3v) is 2.05. The van der Waals surface area contributed by atoms with Gasteiger partial charge in [-0.25, -0.2) is 4.57 Å². The van der Waals surface area contributed by atoms with Crippen LogP contribution < -0.4 is 0 Å². The predicted molar refractivity (Wildman–Crippen MR) is 38.1 cm³/mol. The van der Waals surface area contributed by atoms with Gasteiger partial charge in [-0.3, -0.25) is 4.52 Å². The summed E-state index contributed by atoms with van der Waals surface area (Å²) >= 11 is 10.6. The second-order valence-corrected chi connectivity index (χ2v) is 3.94. The Morgan fingerprint density at radius 1 is 1.50 bits per heavy atom. The molecule has 0 aromatic heterocycles. The topological polar surface area (TPSA) is 66.8 Å². The highest BCUT2D eigenvalue weighted by Gasteiger charge is 2.23. The fraction of sp³-hybridized carbons (Fsp3) is 1.00. The molecule has 0 amide bonds. The van der Waals surface area contributed by atoms with Crippen LogP contribution in [0.3, 0.4) is 0 Å². The van der Waals surface area contributed by atoms with E-state index in [1.165, 1.54) is 6.92 Å². The van der Waals surface area contributed by atoms with Gasteiger partial charge in [-0.05, 0) is 6.92 Å². The highest BCUT2D eigenvalue weighted by Crippen LogP contribution is 2.39. The fourth-order valence-electron chi connectivity index (χ4n) is 0.215. The van der Waals surface area contributed by atoms with Crippen LogP contribution >= 0.6 is 31.0 Å². The van der Waals surface area contributed by atoms with Crippen LogP contribution in [0.5, 0.6) is 0 Å². The molecule has 2 N–H and O–H groups in total. The molecule has 0 bridgehead atoms. The standard InChI is InChI=1S/C3H7Cl2O4P/c1-2(4)3(5)9-10(6,7)8/h2-3H,1H3,(H2,6,7,8). The van der Waals surface area contributed by atoms with Gasteiger partial charge in [0.05, 0.1) is 5.38 Å². The molecule has 0 aliphatic carbocycles. The van der Waals surface area contributed by atoms with Crippen molar-refractivity contribution in [3.05, 3.63) is 0 Å². The molecule has 7 heteroatoms. The molecule has 0 saturated heterocycles. The highest BCUT2D eigenvalue weighted by atomic mass is 35.5. The zero-order chi connectivity index (χ0) is 8.36. The summed E-state index contributed by atoms with van der Waals surface area (Å²) in [5.41, 5.74) is -1.16. The third-order valence-electron chi connectivity index (χ3n) is 0.599. The maximum absolute atomic E-state index is 10.1. The van der Waals surface area contributed by atoms with Crippen molar-refractivity contribution in [2.24, 2.45) is 0 Å². The van der Waals surface area contributed by atoms with E-state index < -0.39 is 18.8 Å². The van der Waals surface area contributed by atoms with Gasteiger partial charge in [0, 0.05) is 0 Å². The van der Waals surface area contributed by atoms with E-state index in [4.69, 9.17) is 33.0 Å². The minimum absolute atomic E-state index is 0.644. The zero-order valence-electron chi connectivity index (χ0n) is 5.07. The van der Waals surface area contributed by atoms with Crippen LogP contribution in [-0.2, 0) is 9.09 Å². The lowest BCUT2D eigenvalue weighted by Crippen LogP contribution is -2.13. The lowest BCUT2D eigenvalue weighted by Gasteiger charge is -2.12. The Kier molecular flexibility index (Phi) is 4.17. The van der Waals surface area contributed by atoms with Crippen molar-refractivity contribution >= 4 is 31.0 Å². The predicted octanol–water partition coefficient (Wildman–Crippen LogP) is 1.29. The minimum atomic E-state index is -4.49. The summed E-state index contributed by atoms with van der Waals surface area (Å²) in [7, 11) is -4.49. The molecule has 2 atom stereocenters. The van der Waals surface area contributed by atoms with Crippen molar-refractivity contribution in [1.29, 1.82) is 0 Å². The fourth-order valence-corrected chi connectivity index (χ4v) is 1.09. The SMILES string of the molecule is CC(Cl)C(Cl)OP(=O)(O)O. The molecule has 0 heterocycles. The summed E-state index contributed by atoms with van der Waals surface area (Å²) in [6.45, 7) is 1.47. The van der Waals surface area contributed by atoms with E-state index in [0.717, 1.165) is 0 Å². The van der Waals surface area contributed by atoms with E-state index in [1.54, 1.807) is 0 Å². The Morgan fingerprint density at radius 3 is 2.00 bits per heavy atom. The average Bonchev–Trinajstić information content (AvgIpc) is 1.60. The van der Waals surface area contributed by atoms with Gasteiger partial charge in [0.2, 0.25) is 0 Å². The van der Waals surface area contributed by atoms with Crippen LogP contribution in [0, 0.1) is 0 Å². The number of halogens is 2. The molecule has 2 unspecified atom stereocenters. The minimum Gasteiger partial charge on any atom is -0.303 e. The van der Waals surface area contributed by atoms with Gasteiger partial charge in [0.1, 0.15) is 0 Å². The molecule has 0 saturated carbocycles. The van der Waals surface area contributed by atoms with Crippen molar-refractivity contribution in [1.82, 2.24) is 0 Å². The summed E-state index contributed by atoms with van der Waals surface area (Å²) < 4.78 is 14.1. The van der Waals surface area contributed by atoms with Gasteiger partial charge < -0.3 is 9.79 Å². The number of phosphoric ester groups is 1. The smallest absolute Gasteiger partial charge is 0.303 e. The molecule has 4 nitrogen and oxygen atoms in total. The normalized spacial score (nSPS) is 18.5. The lowest BCUT2D eigenvalue weighted by atomic mass is 10.5. The first-order valence-electron chi connectivity index (χ1n) is 2.35. The zero-order valence-corrected chi connectivity index (χ0v) is 7.48. The number of rotatable bonds is 3. The Bertz CT molecular complexity index is 143.